The number of benzene rings is 1. The Kier molecular flexibility index (Phi) is 3.49. The second-order valence-corrected chi connectivity index (χ2v) is 4.53. The molecule has 0 amide bonds. The number of nitrogens with zero attached hydrogens (tertiary/aromatic N) is 4. The molecule has 1 atom stereocenters. The number of aliphatic hydroxyl groups is 1. The molecule has 1 aromatic carbocycles. The van der Waals surface area contributed by atoms with Gasteiger partial charge < -0.3 is 5.11 Å². The van der Waals surface area contributed by atoms with Gasteiger partial charge in [0.15, 0.2) is 5.82 Å². The van der Waals surface area contributed by atoms with Gasteiger partial charge in [-0.25, -0.2) is 4.39 Å². The smallest absolute Gasteiger partial charge is 0.177 e. The molecule has 0 aliphatic rings. The van der Waals surface area contributed by atoms with E-state index in [2.05, 4.69) is 31.3 Å². The summed E-state index contributed by atoms with van der Waals surface area (Å²) >= 11 is 3.17. The minimum atomic E-state index is -0.855. The maximum atomic E-state index is 13.1. The summed E-state index contributed by atoms with van der Waals surface area (Å²) in [5.74, 6) is 0.0147. The van der Waals surface area contributed by atoms with Crippen molar-refractivity contribution >= 4 is 15.9 Å². The summed E-state index contributed by atoms with van der Waals surface area (Å²) in [7, 11) is 1.64. The van der Waals surface area contributed by atoms with Crippen LogP contribution in [0.4, 0.5) is 4.39 Å². The number of aliphatic hydroxyl groups excluding tert-OH is 1. The SMILES string of the molecule is Cn1nnc(CC(O)c2cc(F)cc(Br)c2)n1. The summed E-state index contributed by atoms with van der Waals surface area (Å²) in [6.07, 6.45) is -0.657. The van der Waals surface area contributed by atoms with Crippen LogP contribution in [0.25, 0.3) is 0 Å². The molecule has 1 heterocycles. The lowest BCUT2D eigenvalue weighted by Crippen LogP contribution is -2.04. The molecule has 17 heavy (non-hydrogen) atoms. The highest BCUT2D eigenvalue weighted by Crippen LogP contribution is 2.22. The summed E-state index contributed by atoms with van der Waals surface area (Å²) in [5, 5.41) is 21.3. The Labute approximate surface area is 105 Å². The van der Waals surface area contributed by atoms with E-state index in [-0.39, 0.29) is 6.42 Å². The van der Waals surface area contributed by atoms with Crippen molar-refractivity contribution in [3.05, 3.63) is 39.9 Å². The van der Waals surface area contributed by atoms with Crippen LogP contribution in [0.1, 0.15) is 17.5 Å². The van der Waals surface area contributed by atoms with Gasteiger partial charge in [-0.1, -0.05) is 15.9 Å². The van der Waals surface area contributed by atoms with Gasteiger partial charge >= 0.3 is 0 Å². The Morgan fingerprint density at radius 2 is 2.24 bits per heavy atom. The highest BCUT2D eigenvalue weighted by molar-refractivity contribution is 9.10. The maximum absolute atomic E-state index is 13.1. The molecule has 2 aromatic rings. The quantitative estimate of drug-likeness (QED) is 0.930. The van der Waals surface area contributed by atoms with Gasteiger partial charge in [-0.2, -0.15) is 4.80 Å². The van der Waals surface area contributed by atoms with Crippen molar-refractivity contribution in [3.8, 4) is 0 Å². The largest absolute Gasteiger partial charge is 0.388 e. The first kappa shape index (κ1) is 12.1. The fourth-order valence-corrected chi connectivity index (χ4v) is 1.95. The first-order chi connectivity index (χ1) is 8.04. The van der Waals surface area contributed by atoms with Gasteiger partial charge in [-0.05, 0) is 29.0 Å². The average molecular weight is 301 g/mol. The van der Waals surface area contributed by atoms with Crippen LogP contribution in [0, 0.1) is 5.82 Å². The van der Waals surface area contributed by atoms with Gasteiger partial charge in [0.25, 0.3) is 0 Å². The lowest BCUT2D eigenvalue weighted by molar-refractivity contribution is 0.175. The zero-order chi connectivity index (χ0) is 12.4. The zero-order valence-electron chi connectivity index (χ0n) is 9.01. The monoisotopic (exact) mass is 300 g/mol. The highest BCUT2D eigenvalue weighted by atomic mass is 79.9. The molecular weight excluding hydrogens is 291 g/mol. The van der Waals surface area contributed by atoms with Crippen molar-refractivity contribution < 1.29 is 9.50 Å². The molecule has 0 saturated carbocycles. The molecule has 0 fully saturated rings. The summed E-state index contributed by atoms with van der Waals surface area (Å²) in [4.78, 5) is 1.31. The third kappa shape index (κ3) is 3.07. The van der Waals surface area contributed by atoms with Crippen molar-refractivity contribution in [3.63, 3.8) is 0 Å². The Balaban J connectivity index is 2.16. The van der Waals surface area contributed by atoms with Crippen molar-refractivity contribution in [1.29, 1.82) is 0 Å². The lowest BCUT2D eigenvalue weighted by atomic mass is 10.1. The Morgan fingerprint density at radius 3 is 2.82 bits per heavy atom. The number of hydrogen-bond donors (Lipinski definition) is 1. The van der Waals surface area contributed by atoms with Crippen molar-refractivity contribution in [2.24, 2.45) is 7.05 Å². The van der Waals surface area contributed by atoms with Crippen molar-refractivity contribution in [2.75, 3.05) is 0 Å². The molecule has 0 radical (unpaired) electrons. The Bertz CT molecular complexity index is 511. The highest BCUT2D eigenvalue weighted by Gasteiger charge is 2.13. The predicted molar refractivity (Wildman–Crippen MR) is 61.6 cm³/mol. The van der Waals surface area contributed by atoms with Crippen LogP contribution in [-0.2, 0) is 13.5 Å². The number of rotatable bonds is 3. The average Bonchev–Trinajstić information content (AvgIpc) is 2.62. The summed E-state index contributed by atoms with van der Waals surface area (Å²) in [5.41, 5.74) is 0.476. The fourth-order valence-electron chi connectivity index (χ4n) is 1.46. The van der Waals surface area contributed by atoms with E-state index in [9.17, 15) is 9.50 Å². The standard InChI is InChI=1S/C10H10BrFN4O/c1-16-14-10(13-15-16)5-9(17)6-2-7(11)4-8(12)3-6/h2-4,9,17H,5H2,1H3. The van der Waals surface area contributed by atoms with E-state index < -0.39 is 11.9 Å². The normalized spacial score (nSPS) is 12.7. The molecule has 5 nitrogen and oxygen atoms in total. The molecule has 1 N–H and O–H groups in total. The summed E-state index contributed by atoms with van der Waals surface area (Å²) in [6.45, 7) is 0. The molecule has 90 valence electrons. The first-order valence-corrected chi connectivity index (χ1v) is 5.71. The van der Waals surface area contributed by atoms with E-state index in [1.807, 2.05) is 0 Å². The molecule has 0 bridgehead atoms. The minimum absolute atomic E-state index is 0.198. The molecule has 1 aromatic heterocycles. The van der Waals surface area contributed by atoms with E-state index in [1.165, 1.54) is 16.9 Å². The fraction of sp³-hybridized carbons (Fsp3) is 0.300. The minimum Gasteiger partial charge on any atom is -0.388 e. The van der Waals surface area contributed by atoms with Gasteiger partial charge in [-0.3, -0.25) is 0 Å². The van der Waals surface area contributed by atoms with Crippen LogP contribution in [0.15, 0.2) is 22.7 Å². The lowest BCUT2D eigenvalue weighted by Gasteiger charge is -2.09. The zero-order valence-corrected chi connectivity index (χ0v) is 10.6. The number of aryl methyl sites for hydroxylation is 1. The van der Waals surface area contributed by atoms with Gasteiger partial charge in [-0.15, -0.1) is 10.2 Å². The molecule has 2 rings (SSSR count). The van der Waals surface area contributed by atoms with E-state index in [1.54, 1.807) is 13.1 Å². The van der Waals surface area contributed by atoms with E-state index >= 15 is 0 Å². The molecule has 1 unspecified atom stereocenters. The molecule has 0 aliphatic carbocycles. The van der Waals surface area contributed by atoms with Gasteiger partial charge in [0.2, 0.25) is 0 Å². The number of aromatic nitrogens is 4. The van der Waals surface area contributed by atoms with Crippen LogP contribution in [0.2, 0.25) is 0 Å². The van der Waals surface area contributed by atoms with Crippen LogP contribution in [0.3, 0.4) is 0 Å². The molecule has 0 aliphatic heterocycles. The first-order valence-electron chi connectivity index (χ1n) is 4.91. The van der Waals surface area contributed by atoms with Gasteiger partial charge in [0, 0.05) is 10.9 Å². The van der Waals surface area contributed by atoms with Crippen LogP contribution in [-0.4, -0.2) is 25.3 Å². The molecular formula is C10H10BrFN4O. The van der Waals surface area contributed by atoms with Crippen molar-refractivity contribution in [2.45, 2.75) is 12.5 Å². The maximum Gasteiger partial charge on any atom is 0.177 e. The van der Waals surface area contributed by atoms with E-state index in [4.69, 9.17) is 0 Å². The van der Waals surface area contributed by atoms with Crippen LogP contribution >= 0.6 is 15.9 Å². The van der Waals surface area contributed by atoms with Crippen LogP contribution < -0.4 is 0 Å². The molecule has 7 heteroatoms. The van der Waals surface area contributed by atoms with E-state index in [0.717, 1.165) is 0 Å². The van der Waals surface area contributed by atoms with Crippen molar-refractivity contribution in [1.82, 2.24) is 20.2 Å². The number of tetrazole rings is 1. The van der Waals surface area contributed by atoms with Gasteiger partial charge in [0.1, 0.15) is 5.82 Å². The topological polar surface area (TPSA) is 63.8 Å². The van der Waals surface area contributed by atoms with E-state index in [0.29, 0.717) is 15.9 Å². The molecule has 0 saturated heterocycles. The second kappa shape index (κ2) is 4.89. The third-order valence-electron chi connectivity index (χ3n) is 2.20. The molecule has 0 spiro atoms. The summed E-state index contributed by atoms with van der Waals surface area (Å²) < 4.78 is 13.7. The Hall–Kier alpha value is -1.34. The second-order valence-electron chi connectivity index (χ2n) is 3.62. The van der Waals surface area contributed by atoms with Gasteiger partial charge in [0.05, 0.1) is 13.2 Å². The Morgan fingerprint density at radius 1 is 1.47 bits per heavy atom. The number of halogens is 2. The summed E-state index contributed by atoms with van der Waals surface area (Å²) in [6, 6.07) is 4.27. The van der Waals surface area contributed by atoms with Crippen LogP contribution in [0.5, 0.6) is 0 Å². The number of hydrogen-bond acceptors (Lipinski definition) is 4. The predicted octanol–water partition coefficient (Wildman–Crippen LogP) is 1.39. The third-order valence-corrected chi connectivity index (χ3v) is 2.65.